The molecule has 0 aliphatic heterocycles. The molecule has 2 aromatic carbocycles. The highest BCUT2D eigenvalue weighted by atomic mass is 16.2. The van der Waals surface area contributed by atoms with Crippen molar-refractivity contribution in [3.63, 3.8) is 0 Å². The average Bonchev–Trinajstić information content (AvgIpc) is 4.17. The quantitative estimate of drug-likeness (QED) is 0.0327. The summed E-state index contributed by atoms with van der Waals surface area (Å²) in [7, 11) is 0. The lowest BCUT2D eigenvalue weighted by Gasteiger charge is -2.26. The number of amides is 8. The van der Waals surface area contributed by atoms with Gasteiger partial charge >= 0.3 is 0 Å². The number of hydrogen-bond donors (Lipinski definition) is 12. The van der Waals surface area contributed by atoms with Crippen molar-refractivity contribution in [2.45, 2.75) is 122 Å². The standard InChI is InChI=1S/C51H70N14O8/c1-7-17-55-47(69)39(18-29(2)3)63-49(71)41(21-34-24-53-27-58-34)61-43(66)26-57-51(73)44(30(4)5)65-45(67)31(6)60-48(70)40(20-33-23-56-38-16-12-11-15-36(33)38)64-50(72)42(22-35-25-54-28-59-35)62-46(68)37(52)19-32-13-9-8-10-14-32/h8-16,23-25,27-31,37,39-42,44,56H,7,17-22,26,52H2,1-6H3,(H,53,58)(H,54,59)(H,55,69)(H,57,73)(H,60,70)(H,61,66)(H,62,68)(H,63,71)(H,64,72)(H,65,67)/t31-,37+,39-,40-,41-,42-,44-/m0/s1. The Bertz CT molecular complexity index is 2600. The summed E-state index contributed by atoms with van der Waals surface area (Å²) in [6.45, 7) is 10.4. The van der Waals surface area contributed by atoms with Crippen LogP contribution in [-0.2, 0) is 64.0 Å². The fourth-order valence-electron chi connectivity index (χ4n) is 7.95. The first kappa shape index (κ1) is 56.0. The lowest BCUT2D eigenvalue weighted by molar-refractivity contribution is -0.135. The molecule has 3 aromatic heterocycles. The molecule has 73 heavy (non-hydrogen) atoms. The Morgan fingerprint density at radius 3 is 1.75 bits per heavy atom. The van der Waals surface area contributed by atoms with Crippen molar-refractivity contribution in [2.24, 2.45) is 17.6 Å². The van der Waals surface area contributed by atoms with Crippen molar-refractivity contribution < 1.29 is 38.4 Å². The molecule has 0 radical (unpaired) electrons. The molecule has 0 spiro atoms. The topological polar surface area (TPSA) is 332 Å². The van der Waals surface area contributed by atoms with E-state index in [4.69, 9.17) is 5.73 Å². The van der Waals surface area contributed by atoms with Crippen LogP contribution in [0.25, 0.3) is 10.9 Å². The Labute approximate surface area is 424 Å². The van der Waals surface area contributed by atoms with E-state index in [-0.39, 0.29) is 37.5 Å². The minimum Gasteiger partial charge on any atom is -0.361 e. The van der Waals surface area contributed by atoms with Gasteiger partial charge in [0.25, 0.3) is 0 Å². The van der Waals surface area contributed by atoms with E-state index in [0.29, 0.717) is 36.3 Å². The lowest BCUT2D eigenvalue weighted by atomic mass is 10.0. The Balaban J connectivity index is 1.25. The number of nitrogens with zero attached hydrogens (tertiary/aromatic N) is 2. The number of fused-ring (bicyclic) bond motifs is 1. The fraction of sp³-hybridized carbons (Fsp3) is 0.451. The van der Waals surface area contributed by atoms with E-state index in [0.717, 1.165) is 16.5 Å². The number of para-hydroxylation sites is 1. The molecule has 13 N–H and O–H groups in total. The lowest BCUT2D eigenvalue weighted by Crippen LogP contribution is -2.60. The Hall–Kier alpha value is -7.88. The Morgan fingerprint density at radius 1 is 0.575 bits per heavy atom. The summed E-state index contributed by atoms with van der Waals surface area (Å²) in [5, 5.41) is 22.5. The van der Waals surface area contributed by atoms with Crippen LogP contribution in [0.3, 0.4) is 0 Å². The van der Waals surface area contributed by atoms with E-state index < -0.39 is 96.1 Å². The second-order valence-corrected chi connectivity index (χ2v) is 18.8. The van der Waals surface area contributed by atoms with E-state index in [2.05, 4.69) is 67.5 Å². The van der Waals surface area contributed by atoms with Crippen LogP contribution < -0.4 is 48.3 Å². The summed E-state index contributed by atoms with van der Waals surface area (Å²) in [6, 6.07) is 8.69. The summed E-state index contributed by atoms with van der Waals surface area (Å²) >= 11 is 0. The molecule has 0 bridgehead atoms. The van der Waals surface area contributed by atoms with Gasteiger partial charge in [0.05, 0.1) is 25.2 Å². The molecule has 0 saturated carbocycles. The van der Waals surface area contributed by atoms with E-state index >= 15 is 0 Å². The molecule has 0 unspecified atom stereocenters. The van der Waals surface area contributed by atoms with Gasteiger partial charge in [0.2, 0.25) is 47.3 Å². The van der Waals surface area contributed by atoms with Gasteiger partial charge in [0.1, 0.15) is 36.3 Å². The Kier molecular flexibility index (Phi) is 21.2. The average molecular weight is 1010 g/mol. The number of aromatic amines is 3. The molecule has 0 fully saturated rings. The van der Waals surface area contributed by atoms with Crippen molar-refractivity contribution in [1.82, 2.24) is 67.5 Å². The molecule has 392 valence electrons. The van der Waals surface area contributed by atoms with Gasteiger partial charge in [-0.15, -0.1) is 0 Å². The van der Waals surface area contributed by atoms with Crippen molar-refractivity contribution in [3.8, 4) is 0 Å². The number of carbonyl (C=O) groups is 8. The Morgan fingerprint density at radius 2 is 1.15 bits per heavy atom. The third-order valence-electron chi connectivity index (χ3n) is 11.9. The number of aromatic nitrogens is 5. The molecule has 8 amide bonds. The minimum atomic E-state index is -1.28. The summed E-state index contributed by atoms with van der Waals surface area (Å²) in [6.07, 6.45) is 8.82. The maximum Gasteiger partial charge on any atom is 0.243 e. The highest BCUT2D eigenvalue weighted by Gasteiger charge is 2.33. The second-order valence-electron chi connectivity index (χ2n) is 18.8. The van der Waals surface area contributed by atoms with Gasteiger partial charge in [-0.1, -0.05) is 83.1 Å². The normalized spacial score (nSPS) is 14.2. The zero-order chi connectivity index (χ0) is 53.0. The molecular weight excluding hydrogens is 937 g/mol. The largest absolute Gasteiger partial charge is 0.361 e. The summed E-state index contributed by atoms with van der Waals surface area (Å²) < 4.78 is 0. The molecule has 0 saturated heterocycles. The van der Waals surface area contributed by atoms with Crippen molar-refractivity contribution in [3.05, 3.63) is 108 Å². The number of H-pyrrole nitrogens is 3. The number of carbonyl (C=O) groups excluding carboxylic acids is 8. The van der Waals surface area contributed by atoms with Crippen LogP contribution in [-0.4, -0.2) is 128 Å². The first-order valence-electron chi connectivity index (χ1n) is 24.6. The van der Waals surface area contributed by atoms with E-state index in [9.17, 15) is 38.4 Å². The van der Waals surface area contributed by atoms with Crippen LogP contribution >= 0.6 is 0 Å². The number of nitrogens with one attached hydrogen (secondary N) is 11. The monoisotopic (exact) mass is 1010 g/mol. The number of benzene rings is 2. The highest BCUT2D eigenvalue weighted by Crippen LogP contribution is 2.20. The van der Waals surface area contributed by atoms with Gasteiger partial charge in [0, 0.05) is 66.7 Å². The number of nitrogens with two attached hydrogens (primary N) is 1. The zero-order valence-corrected chi connectivity index (χ0v) is 42.2. The van der Waals surface area contributed by atoms with Crippen LogP contribution in [0.15, 0.2) is 85.8 Å². The van der Waals surface area contributed by atoms with Gasteiger partial charge in [-0.25, -0.2) is 9.97 Å². The number of hydrogen-bond acceptors (Lipinski definition) is 11. The van der Waals surface area contributed by atoms with Gasteiger partial charge in [-0.2, -0.15) is 0 Å². The minimum absolute atomic E-state index is 0.00330. The van der Waals surface area contributed by atoms with Gasteiger partial charge < -0.3 is 63.2 Å². The maximum atomic E-state index is 14.3. The molecule has 3 heterocycles. The van der Waals surface area contributed by atoms with Crippen LogP contribution in [0.4, 0.5) is 0 Å². The van der Waals surface area contributed by atoms with E-state index in [1.165, 1.54) is 32.0 Å². The van der Waals surface area contributed by atoms with Crippen molar-refractivity contribution in [1.29, 1.82) is 0 Å². The number of imidazole rings is 2. The molecule has 0 aliphatic carbocycles. The maximum absolute atomic E-state index is 14.3. The van der Waals surface area contributed by atoms with Crippen LogP contribution in [0.2, 0.25) is 0 Å². The first-order chi connectivity index (χ1) is 34.9. The molecule has 22 heteroatoms. The third kappa shape index (κ3) is 17.4. The van der Waals surface area contributed by atoms with E-state index in [1.54, 1.807) is 20.0 Å². The molecule has 7 atom stereocenters. The highest BCUT2D eigenvalue weighted by molar-refractivity contribution is 5.97. The molecule has 5 aromatic rings. The third-order valence-corrected chi connectivity index (χ3v) is 11.9. The van der Waals surface area contributed by atoms with Gasteiger partial charge in [0.15, 0.2) is 0 Å². The van der Waals surface area contributed by atoms with Crippen LogP contribution in [0.5, 0.6) is 0 Å². The van der Waals surface area contributed by atoms with Crippen molar-refractivity contribution in [2.75, 3.05) is 13.1 Å². The number of rotatable bonds is 28. The molecule has 0 aliphatic rings. The first-order valence-corrected chi connectivity index (χ1v) is 24.6. The molecule has 5 rings (SSSR count). The van der Waals surface area contributed by atoms with Crippen LogP contribution in [0.1, 0.15) is 76.9 Å². The van der Waals surface area contributed by atoms with Crippen LogP contribution in [0, 0.1) is 11.8 Å². The SMILES string of the molecule is CCCNC(=O)[C@H](CC(C)C)NC(=O)[C@H](Cc1cnc[nH]1)NC(=O)CNC(=O)[C@@H](NC(=O)[C@H](C)NC(=O)[C@H](Cc1c[nH]c2ccccc12)NC(=O)[C@H](Cc1cnc[nH]1)NC(=O)[C@H](N)Cc1ccccc1)C(C)C. The zero-order valence-electron chi connectivity index (χ0n) is 42.2. The fourth-order valence-corrected chi connectivity index (χ4v) is 7.95. The molecule has 22 nitrogen and oxygen atoms in total. The second kappa shape index (κ2) is 27.7. The predicted molar refractivity (Wildman–Crippen MR) is 273 cm³/mol. The van der Waals surface area contributed by atoms with E-state index in [1.807, 2.05) is 75.4 Å². The van der Waals surface area contributed by atoms with Gasteiger partial charge in [-0.05, 0) is 55.2 Å². The molecular formula is C51H70N14O8. The van der Waals surface area contributed by atoms with Crippen molar-refractivity contribution >= 4 is 58.2 Å². The summed E-state index contributed by atoms with van der Waals surface area (Å²) in [5.74, 6) is -5.59. The van der Waals surface area contributed by atoms with Gasteiger partial charge in [-0.3, -0.25) is 38.4 Å². The smallest absolute Gasteiger partial charge is 0.243 e. The summed E-state index contributed by atoms with van der Waals surface area (Å²) in [5.41, 5.74) is 9.67. The summed E-state index contributed by atoms with van der Waals surface area (Å²) in [4.78, 5) is 126. The predicted octanol–water partition coefficient (Wildman–Crippen LogP) is 0.485.